The first-order valence-corrected chi connectivity index (χ1v) is 7.31. The van der Waals surface area contributed by atoms with Crippen molar-refractivity contribution in [1.29, 1.82) is 0 Å². The molecule has 20 heavy (non-hydrogen) atoms. The number of para-hydroxylation sites is 1. The van der Waals surface area contributed by atoms with Crippen LogP contribution in [0.5, 0.6) is 5.75 Å². The number of ether oxygens (including phenoxy) is 1. The van der Waals surface area contributed by atoms with E-state index in [4.69, 9.17) is 10.5 Å². The number of primary amides is 1. The van der Waals surface area contributed by atoms with Crippen LogP contribution in [0, 0.1) is 0 Å². The molecule has 0 aliphatic carbocycles. The highest BCUT2D eigenvalue weighted by atomic mass is 79.9. The van der Waals surface area contributed by atoms with Crippen LogP contribution in [-0.2, 0) is 9.59 Å². The van der Waals surface area contributed by atoms with Crippen molar-refractivity contribution in [2.24, 2.45) is 5.73 Å². The van der Waals surface area contributed by atoms with Crippen LogP contribution >= 0.6 is 15.9 Å². The number of hydrogen-bond acceptors (Lipinski definition) is 3. The van der Waals surface area contributed by atoms with Gasteiger partial charge in [0.1, 0.15) is 5.75 Å². The Hall–Kier alpha value is -1.56. The number of halogens is 1. The summed E-state index contributed by atoms with van der Waals surface area (Å²) >= 11 is 3.39. The van der Waals surface area contributed by atoms with Gasteiger partial charge in [-0.15, -0.1) is 0 Å². The fourth-order valence-electron chi connectivity index (χ4n) is 1.56. The highest BCUT2D eigenvalue weighted by molar-refractivity contribution is 9.10. The maximum atomic E-state index is 11.5. The zero-order chi connectivity index (χ0) is 14.8. The normalized spacial score (nSPS) is 10.1. The molecule has 1 rings (SSSR count). The zero-order valence-corrected chi connectivity index (χ0v) is 12.8. The first-order valence-electron chi connectivity index (χ1n) is 6.52. The Kier molecular flexibility index (Phi) is 7.72. The van der Waals surface area contributed by atoms with Crippen molar-refractivity contribution >= 4 is 27.7 Å². The number of nitrogens with one attached hydrogen (secondary N) is 1. The van der Waals surface area contributed by atoms with E-state index in [9.17, 15) is 9.59 Å². The van der Waals surface area contributed by atoms with Gasteiger partial charge < -0.3 is 15.8 Å². The summed E-state index contributed by atoms with van der Waals surface area (Å²) in [5.41, 5.74) is 5.00. The lowest BCUT2D eigenvalue weighted by molar-refractivity contribution is -0.122. The third-order valence-electron chi connectivity index (χ3n) is 2.56. The fourth-order valence-corrected chi connectivity index (χ4v) is 1.95. The van der Waals surface area contributed by atoms with Crippen LogP contribution in [0.1, 0.15) is 25.7 Å². The Labute approximate surface area is 127 Å². The Bertz CT molecular complexity index is 452. The number of hydrogen-bond donors (Lipinski definition) is 2. The molecule has 0 aliphatic heterocycles. The summed E-state index contributed by atoms with van der Waals surface area (Å²) in [6, 6.07) is 7.58. The van der Waals surface area contributed by atoms with E-state index in [0.717, 1.165) is 10.2 Å². The van der Waals surface area contributed by atoms with Gasteiger partial charge in [-0.1, -0.05) is 12.1 Å². The van der Waals surface area contributed by atoms with Crippen molar-refractivity contribution in [1.82, 2.24) is 5.32 Å². The number of carbonyl (C=O) groups is 2. The molecule has 2 amide bonds. The van der Waals surface area contributed by atoms with Crippen molar-refractivity contribution in [3.63, 3.8) is 0 Å². The first-order chi connectivity index (χ1) is 9.59. The lowest BCUT2D eigenvalue weighted by Gasteiger charge is -2.08. The van der Waals surface area contributed by atoms with E-state index in [0.29, 0.717) is 38.8 Å². The molecule has 0 fully saturated rings. The molecular formula is C14H19BrN2O3. The number of amides is 2. The summed E-state index contributed by atoms with van der Waals surface area (Å²) in [4.78, 5) is 22.0. The molecule has 5 nitrogen and oxygen atoms in total. The first kappa shape index (κ1) is 16.5. The second-order valence-corrected chi connectivity index (χ2v) is 5.16. The number of rotatable bonds is 9. The maximum absolute atomic E-state index is 11.5. The van der Waals surface area contributed by atoms with Crippen LogP contribution in [0.15, 0.2) is 28.7 Å². The molecule has 0 saturated carbocycles. The van der Waals surface area contributed by atoms with E-state index < -0.39 is 0 Å². The summed E-state index contributed by atoms with van der Waals surface area (Å²) < 4.78 is 6.46. The summed E-state index contributed by atoms with van der Waals surface area (Å²) in [5.74, 6) is 0.389. The third-order valence-corrected chi connectivity index (χ3v) is 3.22. The average molecular weight is 343 g/mol. The van der Waals surface area contributed by atoms with Crippen LogP contribution in [0.4, 0.5) is 0 Å². The molecule has 3 N–H and O–H groups in total. The average Bonchev–Trinajstić information content (AvgIpc) is 2.41. The Balaban J connectivity index is 2.07. The molecule has 0 bridgehead atoms. The van der Waals surface area contributed by atoms with Crippen molar-refractivity contribution < 1.29 is 14.3 Å². The summed E-state index contributed by atoms with van der Waals surface area (Å²) in [6.07, 6.45) is 1.92. The summed E-state index contributed by atoms with van der Waals surface area (Å²) in [7, 11) is 0. The van der Waals surface area contributed by atoms with Crippen LogP contribution in [0.3, 0.4) is 0 Å². The Morgan fingerprint density at radius 2 is 1.95 bits per heavy atom. The summed E-state index contributed by atoms with van der Waals surface area (Å²) in [6.45, 7) is 0.962. The predicted octanol–water partition coefficient (Wildman–Crippen LogP) is 1.99. The molecule has 0 spiro atoms. The number of benzene rings is 1. The van der Waals surface area contributed by atoms with Gasteiger partial charge in [-0.25, -0.2) is 0 Å². The molecule has 110 valence electrons. The van der Waals surface area contributed by atoms with E-state index in [1.807, 2.05) is 24.3 Å². The van der Waals surface area contributed by atoms with Crippen LogP contribution < -0.4 is 15.8 Å². The van der Waals surface area contributed by atoms with Crippen molar-refractivity contribution in [3.05, 3.63) is 28.7 Å². The molecule has 0 aliphatic rings. The van der Waals surface area contributed by atoms with Gasteiger partial charge in [0.05, 0.1) is 11.1 Å². The summed E-state index contributed by atoms with van der Waals surface area (Å²) in [5, 5.41) is 2.74. The molecule has 6 heteroatoms. The van der Waals surface area contributed by atoms with E-state index >= 15 is 0 Å². The predicted molar refractivity (Wildman–Crippen MR) is 80.3 cm³/mol. The van der Waals surface area contributed by atoms with Crippen LogP contribution in [0.2, 0.25) is 0 Å². The minimum atomic E-state index is -0.346. The van der Waals surface area contributed by atoms with Gasteiger partial charge in [-0.3, -0.25) is 9.59 Å². The SMILES string of the molecule is NC(=O)CCCNC(=O)CCCOc1ccccc1Br. The van der Waals surface area contributed by atoms with Crippen LogP contribution in [-0.4, -0.2) is 25.0 Å². The standard InChI is InChI=1S/C14H19BrN2O3/c15-11-5-1-2-6-12(11)20-10-4-8-14(19)17-9-3-7-13(16)18/h1-2,5-6H,3-4,7-10H2,(H2,16,18)(H,17,19). The van der Waals surface area contributed by atoms with E-state index in [1.54, 1.807) is 0 Å². The Morgan fingerprint density at radius 1 is 1.20 bits per heavy atom. The molecule has 0 saturated heterocycles. The highest BCUT2D eigenvalue weighted by Gasteiger charge is 2.03. The van der Waals surface area contributed by atoms with Crippen LogP contribution in [0.25, 0.3) is 0 Å². The minimum Gasteiger partial charge on any atom is -0.492 e. The van der Waals surface area contributed by atoms with Gasteiger partial charge >= 0.3 is 0 Å². The largest absolute Gasteiger partial charge is 0.492 e. The van der Waals surface area contributed by atoms with Gasteiger partial charge in [0.2, 0.25) is 11.8 Å². The van der Waals surface area contributed by atoms with E-state index in [2.05, 4.69) is 21.2 Å². The highest BCUT2D eigenvalue weighted by Crippen LogP contribution is 2.23. The number of nitrogens with two attached hydrogens (primary N) is 1. The van der Waals surface area contributed by atoms with E-state index in [-0.39, 0.29) is 11.8 Å². The molecule has 0 unspecified atom stereocenters. The molecule has 0 atom stereocenters. The smallest absolute Gasteiger partial charge is 0.220 e. The molecule has 1 aromatic rings. The quantitative estimate of drug-likeness (QED) is 0.673. The zero-order valence-electron chi connectivity index (χ0n) is 11.2. The Morgan fingerprint density at radius 3 is 2.65 bits per heavy atom. The molecule has 1 aromatic carbocycles. The van der Waals surface area contributed by atoms with Gasteiger partial charge in [0.25, 0.3) is 0 Å². The molecule has 0 heterocycles. The van der Waals surface area contributed by atoms with Crippen molar-refractivity contribution in [2.45, 2.75) is 25.7 Å². The van der Waals surface area contributed by atoms with E-state index in [1.165, 1.54) is 0 Å². The molecule has 0 aromatic heterocycles. The lowest BCUT2D eigenvalue weighted by Crippen LogP contribution is -2.25. The second-order valence-electron chi connectivity index (χ2n) is 4.30. The number of carbonyl (C=O) groups excluding carboxylic acids is 2. The van der Waals surface area contributed by atoms with Gasteiger partial charge in [-0.2, -0.15) is 0 Å². The van der Waals surface area contributed by atoms with Gasteiger partial charge in [0, 0.05) is 19.4 Å². The third kappa shape index (κ3) is 7.13. The molecule has 0 radical (unpaired) electrons. The monoisotopic (exact) mass is 342 g/mol. The van der Waals surface area contributed by atoms with Gasteiger partial charge in [-0.05, 0) is 40.9 Å². The second kappa shape index (κ2) is 9.36. The minimum absolute atomic E-state index is 0.0369. The van der Waals surface area contributed by atoms with Crippen molar-refractivity contribution in [3.8, 4) is 5.75 Å². The molecular weight excluding hydrogens is 324 g/mol. The topological polar surface area (TPSA) is 81.4 Å². The van der Waals surface area contributed by atoms with Crippen molar-refractivity contribution in [2.75, 3.05) is 13.2 Å². The fraction of sp³-hybridized carbons (Fsp3) is 0.429. The maximum Gasteiger partial charge on any atom is 0.220 e. The lowest BCUT2D eigenvalue weighted by atomic mass is 10.2. The van der Waals surface area contributed by atoms with Gasteiger partial charge in [0.15, 0.2) is 0 Å².